The molecule has 122 valence electrons. The maximum absolute atomic E-state index is 12.4. The molecule has 22 heavy (non-hydrogen) atoms. The summed E-state index contributed by atoms with van der Waals surface area (Å²) in [7, 11) is 0. The molecule has 0 aromatic carbocycles. The molecule has 0 radical (unpaired) electrons. The van der Waals surface area contributed by atoms with Crippen molar-refractivity contribution in [2.24, 2.45) is 5.92 Å². The minimum Gasteiger partial charge on any atom is -0.361 e. The summed E-state index contributed by atoms with van der Waals surface area (Å²) in [5.41, 5.74) is 0.786. The Labute approximate surface area is 132 Å². The molecular weight excluding hydrogens is 278 g/mol. The van der Waals surface area contributed by atoms with Gasteiger partial charge in [0.15, 0.2) is 0 Å². The molecule has 1 saturated heterocycles. The van der Waals surface area contributed by atoms with Gasteiger partial charge in [0.05, 0.1) is 6.54 Å². The highest BCUT2D eigenvalue weighted by Gasteiger charge is 2.31. The maximum atomic E-state index is 12.4. The van der Waals surface area contributed by atoms with Crippen molar-refractivity contribution in [1.29, 1.82) is 0 Å². The van der Waals surface area contributed by atoms with Gasteiger partial charge in [0.25, 0.3) is 0 Å². The molecule has 0 spiro atoms. The van der Waals surface area contributed by atoms with E-state index in [4.69, 9.17) is 4.52 Å². The molecule has 2 amide bonds. The number of rotatable bonds is 4. The van der Waals surface area contributed by atoms with Gasteiger partial charge < -0.3 is 14.7 Å². The van der Waals surface area contributed by atoms with Crippen molar-refractivity contribution < 1.29 is 9.32 Å². The second-order valence-electron chi connectivity index (χ2n) is 6.82. The largest absolute Gasteiger partial charge is 0.361 e. The van der Waals surface area contributed by atoms with Crippen LogP contribution in [0.5, 0.6) is 0 Å². The SMILES string of the molecule is Cc1cc(CNC(=O)N2CCC[C@H]2CC2CCCCC2)no1. The van der Waals surface area contributed by atoms with E-state index in [1.165, 1.54) is 38.5 Å². The second-order valence-corrected chi connectivity index (χ2v) is 6.82. The smallest absolute Gasteiger partial charge is 0.317 e. The van der Waals surface area contributed by atoms with Gasteiger partial charge >= 0.3 is 6.03 Å². The number of aryl methyl sites for hydroxylation is 1. The van der Waals surface area contributed by atoms with Crippen LogP contribution in [0.2, 0.25) is 0 Å². The third-order valence-electron chi connectivity index (χ3n) is 5.07. The number of hydrogen-bond donors (Lipinski definition) is 1. The van der Waals surface area contributed by atoms with E-state index in [1.807, 2.05) is 17.9 Å². The average Bonchev–Trinajstić information content (AvgIpc) is 3.15. The Morgan fingerprint density at radius 3 is 2.86 bits per heavy atom. The topological polar surface area (TPSA) is 58.4 Å². The lowest BCUT2D eigenvalue weighted by atomic mass is 9.84. The third-order valence-corrected chi connectivity index (χ3v) is 5.07. The molecule has 1 aromatic rings. The summed E-state index contributed by atoms with van der Waals surface area (Å²) in [6.07, 6.45) is 10.3. The Bertz CT molecular complexity index is 494. The maximum Gasteiger partial charge on any atom is 0.317 e. The molecule has 2 fully saturated rings. The lowest BCUT2D eigenvalue weighted by Crippen LogP contribution is -2.43. The lowest BCUT2D eigenvalue weighted by molar-refractivity contribution is 0.177. The van der Waals surface area contributed by atoms with E-state index in [-0.39, 0.29) is 6.03 Å². The van der Waals surface area contributed by atoms with E-state index >= 15 is 0 Å². The summed E-state index contributed by atoms with van der Waals surface area (Å²) in [5.74, 6) is 1.60. The minimum atomic E-state index is 0.0546. The van der Waals surface area contributed by atoms with Crippen LogP contribution in [0.25, 0.3) is 0 Å². The molecule has 1 N–H and O–H groups in total. The summed E-state index contributed by atoms with van der Waals surface area (Å²) in [5, 5.41) is 6.90. The zero-order valence-electron chi connectivity index (χ0n) is 13.5. The standard InChI is InChI=1S/C17H27N3O2/c1-13-10-15(19-22-13)12-18-17(21)20-9-5-8-16(20)11-14-6-3-2-4-7-14/h10,14,16H,2-9,11-12H2,1H3,(H,18,21)/t16-/m0/s1. The molecule has 3 rings (SSSR count). The molecule has 1 aliphatic heterocycles. The number of carbonyl (C=O) groups is 1. The van der Waals surface area contributed by atoms with Gasteiger partial charge in [-0.15, -0.1) is 0 Å². The highest BCUT2D eigenvalue weighted by Crippen LogP contribution is 2.32. The van der Waals surface area contributed by atoms with E-state index in [2.05, 4.69) is 10.5 Å². The van der Waals surface area contributed by atoms with Crippen LogP contribution in [-0.4, -0.2) is 28.7 Å². The highest BCUT2D eigenvalue weighted by molar-refractivity contribution is 5.74. The summed E-state index contributed by atoms with van der Waals surface area (Å²) < 4.78 is 5.03. The number of nitrogens with zero attached hydrogens (tertiary/aromatic N) is 2. The number of hydrogen-bond acceptors (Lipinski definition) is 3. The Morgan fingerprint density at radius 2 is 2.14 bits per heavy atom. The second kappa shape index (κ2) is 7.16. The van der Waals surface area contributed by atoms with Gasteiger partial charge in [-0.1, -0.05) is 37.3 Å². The van der Waals surface area contributed by atoms with Gasteiger partial charge in [-0.25, -0.2) is 4.79 Å². The Morgan fingerprint density at radius 1 is 1.32 bits per heavy atom. The molecule has 5 heteroatoms. The van der Waals surface area contributed by atoms with E-state index in [0.717, 1.165) is 36.8 Å². The van der Waals surface area contributed by atoms with E-state index in [9.17, 15) is 4.79 Å². The zero-order valence-corrected chi connectivity index (χ0v) is 13.5. The van der Waals surface area contributed by atoms with Crippen molar-refractivity contribution in [2.75, 3.05) is 6.54 Å². The summed E-state index contributed by atoms with van der Waals surface area (Å²) >= 11 is 0. The van der Waals surface area contributed by atoms with Crippen LogP contribution in [0, 0.1) is 12.8 Å². The molecule has 1 saturated carbocycles. The number of urea groups is 1. The van der Waals surface area contributed by atoms with Crippen molar-refractivity contribution in [2.45, 2.75) is 70.9 Å². The predicted molar refractivity (Wildman–Crippen MR) is 84.4 cm³/mol. The fourth-order valence-electron chi connectivity index (χ4n) is 3.92. The first-order chi connectivity index (χ1) is 10.7. The van der Waals surface area contributed by atoms with Gasteiger partial charge in [0.1, 0.15) is 11.5 Å². The van der Waals surface area contributed by atoms with Crippen molar-refractivity contribution in [1.82, 2.24) is 15.4 Å². The van der Waals surface area contributed by atoms with Crippen LogP contribution in [0.15, 0.2) is 10.6 Å². The normalized spacial score (nSPS) is 23.0. The molecule has 5 nitrogen and oxygen atoms in total. The van der Waals surface area contributed by atoms with Crippen molar-refractivity contribution >= 4 is 6.03 Å². The minimum absolute atomic E-state index is 0.0546. The van der Waals surface area contributed by atoms with Gasteiger partial charge in [0, 0.05) is 18.7 Å². The summed E-state index contributed by atoms with van der Waals surface area (Å²) in [6.45, 7) is 3.20. The first-order valence-corrected chi connectivity index (χ1v) is 8.69. The molecular formula is C17H27N3O2. The van der Waals surface area contributed by atoms with Gasteiger partial charge in [-0.05, 0) is 32.1 Å². The van der Waals surface area contributed by atoms with Gasteiger partial charge in [-0.3, -0.25) is 0 Å². The molecule has 2 aliphatic rings. The quantitative estimate of drug-likeness (QED) is 0.924. The number of aromatic nitrogens is 1. The predicted octanol–water partition coefficient (Wildman–Crippen LogP) is 3.63. The van der Waals surface area contributed by atoms with Crippen LogP contribution < -0.4 is 5.32 Å². The van der Waals surface area contributed by atoms with Crippen LogP contribution in [0.3, 0.4) is 0 Å². The number of amides is 2. The molecule has 0 unspecified atom stereocenters. The fraction of sp³-hybridized carbons (Fsp3) is 0.765. The Balaban J connectivity index is 1.49. The van der Waals surface area contributed by atoms with E-state index < -0.39 is 0 Å². The monoisotopic (exact) mass is 305 g/mol. The van der Waals surface area contributed by atoms with Crippen LogP contribution in [0.1, 0.15) is 62.8 Å². The first kappa shape index (κ1) is 15.4. The van der Waals surface area contributed by atoms with Crippen molar-refractivity contribution in [3.63, 3.8) is 0 Å². The number of likely N-dealkylation sites (tertiary alicyclic amines) is 1. The van der Waals surface area contributed by atoms with Crippen LogP contribution in [0.4, 0.5) is 4.79 Å². The third kappa shape index (κ3) is 3.81. The van der Waals surface area contributed by atoms with Gasteiger partial charge in [-0.2, -0.15) is 0 Å². The summed E-state index contributed by atoms with van der Waals surface area (Å²) in [6, 6.07) is 2.35. The highest BCUT2D eigenvalue weighted by atomic mass is 16.5. The fourth-order valence-corrected chi connectivity index (χ4v) is 3.92. The number of nitrogens with one attached hydrogen (secondary N) is 1. The number of carbonyl (C=O) groups excluding carboxylic acids is 1. The van der Waals surface area contributed by atoms with Crippen LogP contribution in [-0.2, 0) is 6.54 Å². The Kier molecular flexibility index (Phi) is 5.01. The van der Waals surface area contributed by atoms with E-state index in [0.29, 0.717) is 12.6 Å². The van der Waals surface area contributed by atoms with Crippen LogP contribution >= 0.6 is 0 Å². The van der Waals surface area contributed by atoms with Crippen molar-refractivity contribution in [3.05, 3.63) is 17.5 Å². The summed E-state index contributed by atoms with van der Waals surface area (Å²) in [4.78, 5) is 14.5. The Hall–Kier alpha value is -1.52. The van der Waals surface area contributed by atoms with Gasteiger partial charge in [0.2, 0.25) is 0 Å². The molecule has 0 bridgehead atoms. The molecule has 1 atom stereocenters. The molecule has 2 heterocycles. The zero-order chi connectivity index (χ0) is 15.4. The molecule has 1 aliphatic carbocycles. The molecule has 1 aromatic heterocycles. The van der Waals surface area contributed by atoms with Crippen molar-refractivity contribution in [3.8, 4) is 0 Å². The lowest BCUT2D eigenvalue weighted by Gasteiger charge is -2.30. The van der Waals surface area contributed by atoms with E-state index in [1.54, 1.807) is 0 Å². The average molecular weight is 305 g/mol. The first-order valence-electron chi connectivity index (χ1n) is 8.69.